The average molecular weight is 221 g/mol. The van der Waals surface area contributed by atoms with E-state index >= 15 is 0 Å². The molecule has 2 aromatic rings. The summed E-state index contributed by atoms with van der Waals surface area (Å²) in [5.41, 5.74) is 7.79. The summed E-state index contributed by atoms with van der Waals surface area (Å²) in [7, 11) is 0. The number of halogens is 1. The van der Waals surface area contributed by atoms with Crippen LogP contribution in [0.1, 0.15) is 9.75 Å². The summed E-state index contributed by atoms with van der Waals surface area (Å²) in [4.78, 5) is 2.31. The van der Waals surface area contributed by atoms with E-state index in [0.717, 1.165) is 10.4 Å². The lowest BCUT2D eigenvalue weighted by atomic mass is 10.1. The Morgan fingerprint density at radius 1 is 1.13 bits per heavy atom. The minimum absolute atomic E-state index is 0.217. The molecule has 78 valence electrons. The third-order valence-electron chi connectivity index (χ3n) is 2.32. The summed E-state index contributed by atoms with van der Waals surface area (Å²) in [5, 5.41) is 0. The van der Waals surface area contributed by atoms with Gasteiger partial charge in [-0.15, -0.1) is 11.3 Å². The summed E-state index contributed by atoms with van der Waals surface area (Å²) in [6.45, 7) is 4.01. The summed E-state index contributed by atoms with van der Waals surface area (Å²) < 4.78 is 13.6. The SMILES string of the molecule is Cc1cc(-c2cc(N)ccc2F)c(C)s1. The minimum atomic E-state index is -0.217. The molecule has 0 aliphatic rings. The Hall–Kier alpha value is -1.35. The number of rotatable bonds is 1. The van der Waals surface area contributed by atoms with Gasteiger partial charge in [0.2, 0.25) is 0 Å². The number of thiophene rings is 1. The molecule has 3 heteroatoms. The summed E-state index contributed by atoms with van der Waals surface area (Å²) in [5.74, 6) is -0.217. The number of hydrogen-bond donors (Lipinski definition) is 1. The van der Waals surface area contributed by atoms with E-state index in [1.165, 1.54) is 10.9 Å². The van der Waals surface area contributed by atoms with Crippen molar-refractivity contribution in [1.29, 1.82) is 0 Å². The zero-order valence-electron chi connectivity index (χ0n) is 8.67. The van der Waals surface area contributed by atoms with Crippen molar-refractivity contribution in [3.63, 3.8) is 0 Å². The Bertz CT molecular complexity index is 502. The van der Waals surface area contributed by atoms with Crippen LogP contribution in [0.3, 0.4) is 0 Å². The number of nitrogens with two attached hydrogens (primary N) is 1. The molecule has 0 atom stereocenters. The van der Waals surface area contributed by atoms with Crippen LogP contribution in [0, 0.1) is 19.7 Å². The molecule has 0 radical (unpaired) electrons. The highest BCUT2D eigenvalue weighted by molar-refractivity contribution is 7.12. The lowest BCUT2D eigenvalue weighted by Gasteiger charge is -2.03. The van der Waals surface area contributed by atoms with E-state index < -0.39 is 0 Å². The topological polar surface area (TPSA) is 26.0 Å². The quantitative estimate of drug-likeness (QED) is 0.729. The van der Waals surface area contributed by atoms with Crippen molar-refractivity contribution in [1.82, 2.24) is 0 Å². The van der Waals surface area contributed by atoms with Crippen molar-refractivity contribution >= 4 is 17.0 Å². The van der Waals surface area contributed by atoms with Crippen molar-refractivity contribution in [2.75, 3.05) is 5.73 Å². The highest BCUT2D eigenvalue weighted by atomic mass is 32.1. The Morgan fingerprint density at radius 2 is 1.87 bits per heavy atom. The lowest BCUT2D eigenvalue weighted by molar-refractivity contribution is 0.631. The molecule has 2 rings (SSSR count). The fourth-order valence-electron chi connectivity index (χ4n) is 1.65. The van der Waals surface area contributed by atoms with Crippen LogP contribution in [0.15, 0.2) is 24.3 Å². The zero-order valence-corrected chi connectivity index (χ0v) is 9.49. The molecule has 0 amide bonds. The molecule has 1 aromatic heterocycles. The van der Waals surface area contributed by atoms with Crippen LogP contribution in [-0.4, -0.2) is 0 Å². The molecule has 15 heavy (non-hydrogen) atoms. The van der Waals surface area contributed by atoms with Crippen LogP contribution >= 0.6 is 11.3 Å². The Kier molecular flexibility index (Phi) is 2.49. The first-order valence-corrected chi connectivity index (χ1v) is 5.52. The molecule has 0 bridgehead atoms. The first-order valence-electron chi connectivity index (χ1n) is 4.70. The predicted octanol–water partition coefficient (Wildman–Crippen LogP) is 3.75. The molecule has 0 aliphatic carbocycles. The van der Waals surface area contributed by atoms with E-state index in [9.17, 15) is 4.39 Å². The molecular formula is C12H12FNS. The summed E-state index contributed by atoms with van der Waals surface area (Å²) >= 11 is 1.67. The molecule has 1 nitrogen and oxygen atoms in total. The number of benzene rings is 1. The van der Waals surface area contributed by atoms with Gasteiger partial charge in [0, 0.05) is 21.0 Å². The monoisotopic (exact) mass is 221 g/mol. The van der Waals surface area contributed by atoms with Crippen LogP contribution in [0.2, 0.25) is 0 Å². The number of nitrogen functional groups attached to an aromatic ring is 1. The van der Waals surface area contributed by atoms with E-state index in [2.05, 4.69) is 0 Å². The van der Waals surface area contributed by atoms with Gasteiger partial charge in [0.05, 0.1) is 0 Å². The maximum Gasteiger partial charge on any atom is 0.131 e. The molecule has 0 unspecified atom stereocenters. The van der Waals surface area contributed by atoms with Crippen LogP contribution in [0.25, 0.3) is 11.1 Å². The largest absolute Gasteiger partial charge is 0.399 e. The average Bonchev–Trinajstić information content (AvgIpc) is 2.50. The van der Waals surface area contributed by atoms with Gasteiger partial charge in [-0.3, -0.25) is 0 Å². The standard InChI is InChI=1S/C12H12FNS/c1-7-5-10(8(2)15-7)11-6-9(14)3-4-12(11)13/h3-6H,14H2,1-2H3. The van der Waals surface area contributed by atoms with Crippen molar-refractivity contribution in [3.05, 3.63) is 39.8 Å². The van der Waals surface area contributed by atoms with Gasteiger partial charge in [0.15, 0.2) is 0 Å². The van der Waals surface area contributed by atoms with E-state index in [-0.39, 0.29) is 5.82 Å². The van der Waals surface area contributed by atoms with Crippen molar-refractivity contribution in [2.24, 2.45) is 0 Å². The van der Waals surface area contributed by atoms with E-state index in [4.69, 9.17) is 5.73 Å². The molecule has 0 spiro atoms. The maximum absolute atomic E-state index is 13.6. The van der Waals surface area contributed by atoms with Gasteiger partial charge in [-0.25, -0.2) is 4.39 Å². The zero-order chi connectivity index (χ0) is 11.0. The Morgan fingerprint density at radius 3 is 2.47 bits per heavy atom. The normalized spacial score (nSPS) is 10.6. The van der Waals surface area contributed by atoms with Gasteiger partial charge in [0.1, 0.15) is 5.82 Å². The molecule has 0 fully saturated rings. The molecule has 0 saturated carbocycles. The fraction of sp³-hybridized carbons (Fsp3) is 0.167. The van der Waals surface area contributed by atoms with Gasteiger partial charge >= 0.3 is 0 Å². The van der Waals surface area contributed by atoms with Gasteiger partial charge in [-0.2, -0.15) is 0 Å². The van der Waals surface area contributed by atoms with Crippen molar-refractivity contribution < 1.29 is 4.39 Å². The van der Waals surface area contributed by atoms with Crippen LogP contribution in [0.5, 0.6) is 0 Å². The predicted molar refractivity (Wildman–Crippen MR) is 63.6 cm³/mol. The van der Waals surface area contributed by atoms with Crippen molar-refractivity contribution in [2.45, 2.75) is 13.8 Å². The van der Waals surface area contributed by atoms with Crippen LogP contribution < -0.4 is 5.73 Å². The molecule has 0 saturated heterocycles. The van der Waals surface area contributed by atoms with E-state index in [1.54, 1.807) is 23.5 Å². The fourth-order valence-corrected chi connectivity index (χ4v) is 2.59. The van der Waals surface area contributed by atoms with Crippen molar-refractivity contribution in [3.8, 4) is 11.1 Å². The molecular weight excluding hydrogens is 209 g/mol. The Labute approximate surface area is 92.4 Å². The second-order valence-electron chi connectivity index (χ2n) is 3.57. The second-order valence-corrected chi connectivity index (χ2v) is 5.03. The van der Waals surface area contributed by atoms with E-state index in [0.29, 0.717) is 11.3 Å². The first kappa shape index (κ1) is 10.2. The lowest BCUT2D eigenvalue weighted by Crippen LogP contribution is -1.89. The second kappa shape index (κ2) is 3.66. The number of hydrogen-bond acceptors (Lipinski definition) is 2. The molecule has 2 N–H and O–H groups in total. The minimum Gasteiger partial charge on any atom is -0.399 e. The third-order valence-corrected chi connectivity index (χ3v) is 3.29. The molecule has 0 aliphatic heterocycles. The van der Waals surface area contributed by atoms with Gasteiger partial charge in [0.25, 0.3) is 0 Å². The highest BCUT2D eigenvalue weighted by Crippen LogP contribution is 2.33. The number of anilines is 1. The number of aryl methyl sites for hydroxylation is 2. The third kappa shape index (κ3) is 1.88. The summed E-state index contributed by atoms with van der Waals surface area (Å²) in [6, 6.07) is 6.67. The van der Waals surface area contributed by atoms with Crippen LogP contribution in [0.4, 0.5) is 10.1 Å². The molecule has 1 aromatic carbocycles. The van der Waals surface area contributed by atoms with Gasteiger partial charge < -0.3 is 5.73 Å². The summed E-state index contributed by atoms with van der Waals surface area (Å²) in [6.07, 6.45) is 0. The molecule has 1 heterocycles. The highest BCUT2D eigenvalue weighted by Gasteiger charge is 2.10. The maximum atomic E-state index is 13.6. The Balaban J connectivity index is 2.62. The van der Waals surface area contributed by atoms with Gasteiger partial charge in [-0.1, -0.05) is 0 Å². The van der Waals surface area contributed by atoms with Crippen LogP contribution in [-0.2, 0) is 0 Å². The first-order chi connectivity index (χ1) is 7.08. The smallest absolute Gasteiger partial charge is 0.131 e. The van der Waals surface area contributed by atoms with E-state index in [1.807, 2.05) is 19.9 Å². The van der Waals surface area contributed by atoms with Gasteiger partial charge in [-0.05, 0) is 43.7 Å².